The molecule has 1 heterocycles. The summed E-state index contributed by atoms with van der Waals surface area (Å²) in [7, 11) is 0. The van der Waals surface area contributed by atoms with Crippen molar-refractivity contribution >= 4 is 17.2 Å². The highest BCUT2D eigenvalue weighted by molar-refractivity contribution is 7.09. The topological polar surface area (TPSA) is 42.0 Å². The summed E-state index contributed by atoms with van der Waals surface area (Å²) < 4.78 is 0. The Labute approximate surface area is 82.2 Å². The van der Waals surface area contributed by atoms with E-state index in [2.05, 4.69) is 10.3 Å². The van der Waals surface area contributed by atoms with Crippen LogP contribution in [0.25, 0.3) is 0 Å². The molecule has 4 heteroatoms. The Kier molecular flexibility index (Phi) is 3.89. The maximum Gasteiger partial charge on any atom is 0.216 e. The molecular weight excluding hydrogens is 184 g/mol. The molecule has 0 radical (unpaired) electrons. The van der Waals surface area contributed by atoms with Gasteiger partial charge in [-0.1, -0.05) is 0 Å². The van der Waals surface area contributed by atoms with Gasteiger partial charge in [0.2, 0.25) is 5.91 Å². The highest BCUT2D eigenvalue weighted by Crippen LogP contribution is 2.10. The average molecular weight is 198 g/mol. The Hall–Kier alpha value is -0.900. The van der Waals surface area contributed by atoms with Gasteiger partial charge in [0.25, 0.3) is 0 Å². The molecule has 0 unspecified atom stereocenters. The lowest BCUT2D eigenvalue weighted by atomic mass is 10.3. The number of hydrogen-bond donors (Lipinski definition) is 1. The number of carbonyl (C=O) groups is 1. The van der Waals surface area contributed by atoms with Crippen molar-refractivity contribution in [3.63, 3.8) is 0 Å². The van der Waals surface area contributed by atoms with Gasteiger partial charge in [0.1, 0.15) is 0 Å². The van der Waals surface area contributed by atoms with Crippen LogP contribution in [0.5, 0.6) is 0 Å². The van der Waals surface area contributed by atoms with E-state index in [4.69, 9.17) is 0 Å². The van der Waals surface area contributed by atoms with E-state index >= 15 is 0 Å². The average Bonchev–Trinajstić information content (AvgIpc) is 2.45. The van der Waals surface area contributed by atoms with Crippen LogP contribution < -0.4 is 5.32 Å². The number of carbonyl (C=O) groups excluding carboxylic acids is 1. The normalized spacial score (nSPS) is 10.0. The summed E-state index contributed by atoms with van der Waals surface area (Å²) in [5.41, 5.74) is 1.08. The van der Waals surface area contributed by atoms with Gasteiger partial charge < -0.3 is 5.32 Å². The van der Waals surface area contributed by atoms with E-state index in [1.807, 2.05) is 12.3 Å². The Bertz CT molecular complexity index is 283. The molecule has 72 valence electrons. The molecule has 1 N–H and O–H groups in total. The molecule has 13 heavy (non-hydrogen) atoms. The first-order chi connectivity index (χ1) is 6.18. The lowest BCUT2D eigenvalue weighted by Crippen LogP contribution is -2.21. The third kappa shape index (κ3) is 4.03. The molecule has 0 atom stereocenters. The zero-order valence-electron chi connectivity index (χ0n) is 7.96. The Morgan fingerprint density at radius 1 is 1.69 bits per heavy atom. The Morgan fingerprint density at radius 3 is 3.00 bits per heavy atom. The summed E-state index contributed by atoms with van der Waals surface area (Å²) in [4.78, 5) is 14.9. The van der Waals surface area contributed by atoms with Crippen LogP contribution in [0.2, 0.25) is 0 Å². The van der Waals surface area contributed by atoms with Crippen molar-refractivity contribution in [1.29, 1.82) is 0 Å². The van der Waals surface area contributed by atoms with Crippen molar-refractivity contribution in [2.45, 2.75) is 26.7 Å². The van der Waals surface area contributed by atoms with Crippen molar-refractivity contribution in [3.8, 4) is 0 Å². The van der Waals surface area contributed by atoms with Crippen LogP contribution in [-0.2, 0) is 11.2 Å². The molecule has 0 saturated heterocycles. The van der Waals surface area contributed by atoms with Gasteiger partial charge in [0.05, 0.1) is 5.01 Å². The number of aryl methyl sites for hydroxylation is 2. The first kappa shape index (κ1) is 10.2. The molecule has 1 aromatic rings. The second kappa shape index (κ2) is 4.97. The van der Waals surface area contributed by atoms with Crippen LogP contribution in [0.15, 0.2) is 5.38 Å². The van der Waals surface area contributed by atoms with Crippen molar-refractivity contribution in [1.82, 2.24) is 10.3 Å². The standard InChI is InChI=1S/C9H14N2OS/c1-7-6-13-9(11-7)4-3-5-10-8(2)12/h6H,3-5H2,1-2H3,(H,10,12). The van der Waals surface area contributed by atoms with E-state index in [1.165, 1.54) is 6.92 Å². The zero-order valence-corrected chi connectivity index (χ0v) is 8.78. The van der Waals surface area contributed by atoms with Crippen molar-refractivity contribution in [2.24, 2.45) is 0 Å². The smallest absolute Gasteiger partial charge is 0.216 e. The van der Waals surface area contributed by atoms with Crippen molar-refractivity contribution < 1.29 is 4.79 Å². The molecule has 0 aromatic carbocycles. The predicted molar refractivity (Wildman–Crippen MR) is 53.9 cm³/mol. The second-order valence-electron chi connectivity index (χ2n) is 2.97. The number of nitrogens with one attached hydrogen (secondary N) is 1. The van der Waals surface area contributed by atoms with Crippen molar-refractivity contribution in [2.75, 3.05) is 6.54 Å². The first-order valence-electron chi connectivity index (χ1n) is 4.34. The minimum atomic E-state index is 0.0373. The van der Waals surface area contributed by atoms with Gasteiger partial charge in [-0.25, -0.2) is 4.98 Å². The van der Waals surface area contributed by atoms with Crippen molar-refractivity contribution in [3.05, 3.63) is 16.1 Å². The van der Waals surface area contributed by atoms with Crippen LogP contribution >= 0.6 is 11.3 Å². The molecule has 0 aliphatic heterocycles. The number of rotatable bonds is 4. The quantitative estimate of drug-likeness (QED) is 0.745. The van der Waals surface area contributed by atoms with Crippen LogP contribution in [-0.4, -0.2) is 17.4 Å². The van der Waals surface area contributed by atoms with Gasteiger partial charge in [-0.15, -0.1) is 11.3 Å². The molecule has 0 aliphatic rings. The molecule has 1 aromatic heterocycles. The number of aromatic nitrogens is 1. The van der Waals surface area contributed by atoms with Gasteiger partial charge in [-0.3, -0.25) is 4.79 Å². The number of nitrogens with zero attached hydrogens (tertiary/aromatic N) is 1. The fourth-order valence-electron chi connectivity index (χ4n) is 1.02. The van der Waals surface area contributed by atoms with E-state index in [9.17, 15) is 4.79 Å². The molecule has 0 spiro atoms. The highest BCUT2D eigenvalue weighted by atomic mass is 32.1. The molecule has 3 nitrogen and oxygen atoms in total. The Morgan fingerprint density at radius 2 is 2.46 bits per heavy atom. The van der Waals surface area contributed by atoms with Gasteiger partial charge in [0, 0.05) is 31.0 Å². The summed E-state index contributed by atoms with van der Waals surface area (Å²) in [6.07, 6.45) is 1.92. The Balaban J connectivity index is 2.16. The molecule has 0 bridgehead atoms. The van der Waals surface area contributed by atoms with Crippen LogP contribution in [0.3, 0.4) is 0 Å². The van der Waals surface area contributed by atoms with Crippen LogP contribution in [0, 0.1) is 6.92 Å². The zero-order chi connectivity index (χ0) is 9.68. The molecule has 0 aliphatic carbocycles. The van der Waals surface area contributed by atoms with E-state index in [-0.39, 0.29) is 5.91 Å². The minimum Gasteiger partial charge on any atom is -0.356 e. The maximum absolute atomic E-state index is 10.5. The monoisotopic (exact) mass is 198 g/mol. The van der Waals surface area contributed by atoms with Crippen LogP contribution in [0.4, 0.5) is 0 Å². The maximum atomic E-state index is 10.5. The highest BCUT2D eigenvalue weighted by Gasteiger charge is 1.98. The predicted octanol–water partition coefficient (Wildman–Crippen LogP) is 1.52. The summed E-state index contributed by atoms with van der Waals surface area (Å²) in [6, 6.07) is 0. The molecule has 0 saturated carbocycles. The number of amides is 1. The largest absolute Gasteiger partial charge is 0.356 e. The number of thiazole rings is 1. The molecule has 0 fully saturated rings. The molecule has 1 rings (SSSR count). The first-order valence-corrected chi connectivity index (χ1v) is 5.22. The van der Waals surface area contributed by atoms with E-state index in [0.29, 0.717) is 0 Å². The third-order valence-corrected chi connectivity index (χ3v) is 2.63. The lowest BCUT2D eigenvalue weighted by molar-refractivity contribution is -0.118. The second-order valence-corrected chi connectivity index (χ2v) is 3.91. The van der Waals surface area contributed by atoms with E-state index < -0.39 is 0 Å². The SMILES string of the molecule is CC(=O)NCCCc1nc(C)cs1. The fraction of sp³-hybridized carbons (Fsp3) is 0.556. The van der Waals surface area contributed by atoms with E-state index in [1.54, 1.807) is 11.3 Å². The van der Waals surface area contributed by atoms with Gasteiger partial charge in [0.15, 0.2) is 0 Å². The molecular formula is C9H14N2OS. The summed E-state index contributed by atoms with van der Waals surface area (Å²) >= 11 is 1.68. The van der Waals surface area contributed by atoms with Gasteiger partial charge in [-0.05, 0) is 13.3 Å². The van der Waals surface area contributed by atoms with Gasteiger partial charge in [-0.2, -0.15) is 0 Å². The minimum absolute atomic E-state index is 0.0373. The summed E-state index contributed by atoms with van der Waals surface area (Å²) in [5.74, 6) is 0.0373. The van der Waals surface area contributed by atoms with E-state index in [0.717, 1.165) is 30.1 Å². The third-order valence-electron chi connectivity index (χ3n) is 1.61. The summed E-state index contributed by atoms with van der Waals surface area (Å²) in [5, 5.41) is 5.97. The fourth-order valence-corrected chi connectivity index (χ4v) is 1.84. The van der Waals surface area contributed by atoms with Gasteiger partial charge >= 0.3 is 0 Å². The molecule has 1 amide bonds. The number of hydrogen-bond acceptors (Lipinski definition) is 3. The lowest BCUT2D eigenvalue weighted by Gasteiger charge is -1.98. The summed E-state index contributed by atoms with van der Waals surface area (Å²) in [6.45, 7) is 4.27. The van der Waals surface area contributed by atoms with Crippen LogP contribution in [0.1, 0.15) is 24.0 Å².